The number of aryl methyl sites for hydroxylation is 1. The van der Waals surface area contributed by atoms with Crippen LogP contribution in [-0.2, 0) is 13.6 Å². The molecule has 0 amide bonds. The lowest BCUT2D eigenvalue weighted by molar-refractivity contribution is 0.103. The Morgan fingerprint density at radius 3 is 1.94 bits per heavy atom. The molecule has 0 saturated carbocycles. The lowest BCUT2D eigenvalue weighted by Gasteiger charge is -2.39. The van der Waals surface area contributed by atoms with Crippen LogP contribution in [0.15, 0.2) is 72.8 Å². The fourth-order valence-corrected chi connectivity index (χ4v) is 4.86. The highest BCUT2D eigenvalue weighted by molar-refractivity contribution is 5.82. The van der Waals surface area contributed by atoms with Crippen molar-refractivity contribution >= 4 is 10.9 Å². The number of phenolic OH excluding ortho intramolecular Hbond substituents is 1. The third-order valence-corrected chi connectivity index (χ3v) is 6.65. The molecule has 1 aromatic heterocycles. The van der Waals surface area contributed by atoms with Crippen molar-refractivity contribution in [2.75, 3.05) is 26.2 Å². The van der Waals surface area contributed by atoms with E-state index in [-0.39, 0.29) is 23.4 Å². The van der Waals surface area contributed by atoms with Gasteiger partial charge >= 0.3 is 0 Å². The number of aromatic nitrogens is 1. The number of halogens is 2. The number of benzene rings is 3. The molecular formula is C27H27F2N3O. The molecule has 0 unspecified atom stereocenters. The average molecular weight is 448 g/mol. The number of hydrogen-bond donors (Lipinski definition) is 1. The van der Waals surface area contributed by atoms with Gasteiger partial charge < -0.3 is 9.67 Å². The molecule has 5 rings (SSSR count). The molecule has 4 aromatic rings. The van der Waals surface area contributed by atoms with E-state index in [1.807, 2.05) is 30.3 Å². The largest absolute Gasteiger partial charge is 0.508 e. The Morgan fingerprint density at radius 1 is 0.788 bits per heavy atom. The fraction of sp³-hybridized carbons (Fsp3) is 0.259. The molecule has 0 atom stereocenters. The second-order valence-corrected chi connectivity index (χ2v) is 8.76. The smallest absolute Gasteiger partial charge is 0.123 e. The Morgan fingerprint density at radius 2 is 1.36 bits per heavy atom. The van der Waals surface area contributed by atoms with Crippen molar-refractivity contribution in [3.05, 3.63) is 101 Å². The van der Waals surface area contributed by atoms with Crippen LogP contribution < -0.4 is 0 Å². The lowest BCUT2D eigenvalue weighted by Crippen LogP contribution is -2.47. The van der Waals surface area contributed by atoms with E-state index in [0.717, 1.165) is 54.8 Å². The zero-order chi connectivity index (χ0) is 22.9. The normalized spacial score (nSPS) is 15.5. The molecule has 3 aromatic carbocycles. The molecule has 1 aliphatic rings. The van der Waals surface area contributed by atoms with Crippen molar-refractivity contribution in [1.29, 1.82) is 0 Å². The van der Waals surface area contributed by atoms with Gasteiger partial charge in [0.15, 0.2) is 0 Å². The Balaban J connectivity index is 1.33. The maximum Gasteiger partial charge on any atom is 0.123 e. The first kappa shape index (κ1) is 21.6. The summed E-state index contributed by atoms with van der Waals surface area (Å²) in [5.41, 5.74) is 4.32. The molecule has 4 nitrogen and oxygen atoms in total. The topological polar surface area (TPSA) is 31.6 Å². The van der Waals surface area contributed by atoms with Gasteiger partial charge in [0.25, 0.3) is 0 Å². The van der Waals surface area contributed by atoms with Crippen molar-refractivity contribution < 1.29 is 13.9 Å². The number of rotatable bonds is 5. The third-order valence-electron chi connectivity index (χ3n) is 6.65. The summed E-state index contributed by atoms with van der Waals surface area (Å²) >= 11 is 0. The predicted octanol–water partition coefficient (Wildman–Crippen LogP) is 5.07. The minimum absolute atomic E-state index is 0.0473. The van der Waals surface area contributed by atoms with Crippen molar-refractivity contribution in [2.45, 2.75) is 12.6 Å². The van der Waals surface area contributed by atoms with Crippen LogP contribution in [0.2, 0.25) is 0 Å². The summed E-state index contributed by atoms with van der Waals surface area (Å²) in [6.45, 7) is 4.32. The molecule has 1 aliphatic heterocycles. The van der Waals surface area contributed by atoms with Gasteiger partial charge in [-0.25, -0.2) is 8.78 Å². The van der Waals surface area contributed by atoms with Crippen LogP contribution in [0.1, 0.15) is 22.9 Å². The van der Waals surface area contributed by atoms with Gasteiger partial charge in [-0.1, -0.05) is 24.3 Å². The SMILES string of the molecule is Cn1c(CN2CCN(C(c3ccc(F)cc3)c3ccc(F)cc3)CC2)cc2cc(O)ccc21. The van der Waals surface area contributed by atoms with Crippen LogP contribution in [0.3, 0.4) is 0 Å². The number of piperazine rings is 1. The lowest BCUT2D eigenvalue weighted by atomic mass is 9.96. The molecule has 6 heteroatoms. The monoisotopic (exact) mass is 447 g/mol. The van der Waals surface area contributed by atoms with Crippen LogP contribution in [0.4, 0.5) is 8.78 Å². The summed E-state index contributed by atoms with van der Waals surface area (Å²) < 4.78 is 29.3. The van der Waals surface area contributed by atoms with Gasteiger partial charge in [0.1, 0.15) is 17.4 Å². The minimum Gasteiger partial charge on any atom is -0.508 e. The molecule has 170 valence electrons. The maximum atomic E-state index is 13.6. The Bertz CT molecular complexity index is 1200. The van der Waals surface area contributed by atoms with Crippen molar-refractivity contribution in [3.8, 4) is 5.75 Å². The summed E-state index contributed by atoms with van der Waals surface area (Å²) in [5.74, 6) is -0.240. The van der Waals surface area contributed by atoms with Crippen LogP contribution in [0.25, 0.3) is 10.9 Å². The Hall–Kier alpha value is -3.22. The van der Waals surface area contributed by atoms with Gasteiger partial charge in [-0.15, -0.1) is 0 Å². The summed E-state index contributed by atoms with van der Waals surface area (Å²) in [5, 5.41) is 10.8. The van der Waals surface area contributed by atoms with E-state index in [0.29, 0.717) is 0 Å². The quantitative estimate of drug-likeness (QED) is 0.464. The second kappa shape index (κ2) is 8.96. The summed E-state index contributed by atoms with van der Waals surface area (Å²) in [7, 11) is 2.06. The standard InChI is InChI=1S/C27H27F2N3O/c1-30-24(16-21-17-25(33)10-11-26(21)30)18-31-12-14-32(15-13-31)27(19-2-6-22(28)7-3-19)20-4-8-23(29)9-5-20/h2-11,16-17,27,33H,12-15,18H2,1H3. The van der Waals surface area contributed by atoms with E-state index in [1.165, 1.54) is 30.0 Å². The van der Waals surface area contributed by atoms with Crippen LogP contribution in [0, 0.1) is 11.6 Å². The van der Waals surface area contributed by atoms with Gasteiger partial charge in [-0.05, 0) is 59.7 Å². The Kier molecular flexibility index (Phi) is 5.87. The van der Waals surface area contributed by atoms with E-state index in [4.69, 9.17) is 0 Å². The van der Waals surface area contributed by atoms with Gasteiger partial charge in [-0.3, -0.25) is 9.80 Å². The molecule has 1 N–H and O–H groups in total. The van der Waals surface area contributed by atoms with Gasteiger partial charge in [-0.2, -0.15) is 0 Å². The number of nitrogens with zero attached hydrogens (tertiary/aromatic N) is 3. The molecule has 33 heavy (non-hydrogen) atoms. The average Bonchev–Trinajstić information content (AvgIpc) is 3.12. The maximum absolute atomic E-state index is 13.6. The van der Waals surface area contributed by atoms with Crippen molar-refractivity contribution in [3.63, 3.8) is 0 Å². The summed E-state index contributed by atoms with van der Waals surface area (Å²) in [6.07, 6.45) is 0. The molecule has 0 spiro atoms. The van der Waals surface area contributed by atoms with E-state index in [1.54, 1.807) is 12.1 Å². The highest BCUT2D eigenvalue weighted by atomic mass is 19.1. The molecule has 1 saturated heterocycles. The predicted molar refractivity (Wildman–Crippen MR) is 126 cm³/mol. The van der Waals surface area contributed by atoms with Gasteiger partial charge in [0.2, 0.25) is 0 Å². The molecule has 0 bridgehead atoms. The van der Waals surface area contributed by atoms with Gasteiger partial charge in [0, 0.05) is 56.4 Å². The number of aromatic hydroxyl groups is 1. The Labute approximate surface area is 192 Å². The van der Waals surface area contributed by atoms with E-state index >= 15 is 0 Å². The first-order chi connectivity index (χ1) is 16.0. The molecule has 1 fully saturated rings. The molecule has 0 aliphatic carbocycles. The van der Waals surface area contributed by atoms with Crippen molar-refractivity contribution in [1.82, 2.24) is 14.4 Å². The minimum atomic E-state index is -0.260. The highest BCUT2D eigenvalue weighted by Gasteiger charge is 2.27. The first-order valence-electron chi connectivity index (χ1n) is 11.2. The van der Waals surface area contributed by atoms with Crippen LogP contribution in [0.5, 0.6) is 5.75 Å². The van der Waals surface area contributed by atoms with Gasteiger partial charge in [0.05, 0.1) is 6.04 Å². The van der Waals surface area contributed by atoms with E-state index in [2.05, 4.69) is 27.5 Å². The van der Waals surface area contributed by atoms with E-state index in [9.17, 15) is 13.9 Å². The first-order valence-corrected chi connectivity index (χ1v) is 11.2. The zero-order valence-electron chi connectivity index (χ0n) is 18.6. The molecular weight excluding hydrogens is 420 g/mol. The number of phenols is 1. The second-order valence-electron chi connectivity index (χ2n) is 8.76. The summed E-state index contributed by atoms with van der Waals surface area (Å²) in [6, 6.07) is 20.8. The number of hydrogen-bond acceptors (Lipinski definition) is 3. The van der Waals surface area contributed by atoms with Crippen LogP contribution in [-0.4, -0.2) is 45.7 Å². The highest BCUT2D eigenvalue weighted by Crippen LogP contribution is 2.31. The van der Waals surface area contributed by atoms with Crippen LogP contribution >= 0.6 is 0 Å². The number of fused-ring (bicyclic) bond motifs is 1. The van der Waals surface area contributed by atoms with E-state index < -0.39 is 0 Å². The summed E-state index contributed by atoms with van der Waals surface area (Å²) in [4.78, 5) is 4.81. The molecule has 0 radical (unpaired) electrons. The third kappa shape index (κ3) is 4.49. The van der Waals surface area contributed by atoms with Crippen molar-refractivity contribution in [2.24, 2.45) is 7.05 Å². The zero-order valence-corrected chi connectivity index (χ0v) is 18.6. The molecule has 2 heterocycles. The fourth-order valence-electron chi connectivity index (χ4n) is 4.86.